The number of aliphatic hydroxyl groups excluding tert-OH is 1. The number of amides is 1. The first-order valence-corrected chi connectivity index (χ1v) is 8.05. The molecule has 1 spiro atoms. The number of nitrogens with zero attached hydrogens (tertiary/aromatic N) is 1. The summed E-state index contributed by atoms with van der Waals surface area (Å²) in [6.07, 6.45) is 0.608. The smallest absolute Gasteiger partial charge is 0.407 e. The first-order chi connectivity index (χ1) is 10.5. The van der Waals surface area contributed by atoms with E-state index in [0.29, 0.717) is 23.1 Å². The van der Waals surface area contributed by atoms with Crippen LogP contribution in [-0.4, -0.2) is 47.9 Å². The van der Waals surface area contributed by atoms with E-state index in [9.17, 15) is 9.90 Å². The molecule has 8 heteroatoms. The van der Waals surface area contributed by atoms with Gasteiger partial charge in [0.25, 0.3) is 0 Å². The van der Waals surface area contributed by atoms with E-state index in [4.69, 9.17) is 27.9 Å². The molecule has 2 aliphatic heterocycles. The number of likely N-dealkylation sites (tertiary alicyclic amines) is 1. The molecule has 0 aromatic heterocycles. The minimum Gasteiger partial charge on any atom is -0.441 e. The number of aliphatic hydroxyl groups is 1. The molecule has 1 amide bonds. The molecule has 2 aliphatic rings. The third kappa shape index (κ3) is 4.22. The summed E-state index contributed by atoms with van der Waals surface area (Å²) >= 11 is 11.9. The fourth-order valence-electron chi connectivity index (χ4n) is 2.99. The summed E-state index contributed by atoms with van der Waals surface area (Å²) in [6.45, 7) is 2.67. The van der Waals surface area contributed by atoms with E-state index in [1.165, 1.54) is 0 Å². The van der Waals surface area contributed by atoms with Crippen LogP contribution in [0.2, 0.25) is 10.0 Å². The molecule has 1 unspecified atom stereocenters. The molecule has 3 rings (SSSR count). The number of ether oxygens (including phenoxy) is 1. The van der Waals surface area contributed by atoms with Gasteiger partial charge in [-0.2, -0.15) is 0 Å². The third-order valence-corrected chi connectivity index (χ3v) is 5.13. The van der Waals surface area contributed by atoms with Crippen LogP contribution < -0.4 is 5.32 Å². The molecule has 2 fully saturated rings. The lowest BCUT2D eigenvalue weighted by molar-refractivity contribution is -0.00984. The highest BCUT2D eigenvalue weighted by Gasteiger charge is 2.42. The van der Waals surface area contributed by atoms with Crippen molar-refractivity contribution in [1.29, 1.82) is 0 Å². The van der Waals surface area contributed by atoms with Gasteiger partial charge in [-0.15, -0.1) is 12.4 Å². The van der Waals surface area contributed by atoms with Crippen LogP contribution in [0, 0.1) is 0 Å². The SMILES string of the molecule is Cl.O=C1NCC2(CCN(CC(O)c3ccc(Cl)c(Cl)c3)CC2)O1. The molecule has 0 saturated carbocycles. The zero-order valence-corrected chi connectivity index (χ0v) is 14.8. The van der Waals surface area contributed by atoms with Crippen molar-refractivity contribution in [2.75, 3.05) is 26.2 Å². The third-order valence-electron chi connectivity index (χ3n) is 4.39. The van der Waals surface area contributed by atoms with Crippen LogP contribution in [0.25, 0.3) is 0 Å². The van der Waals surface area contributed by atoms with E-state index in [-0.39, 0.29) is 24.1 Å². The first-order valence-electron chi connectivity index (χ1n) is 7.30. The lowest BCUT2D eigenvalue weighted by Crippen LogP contribution is -2.47. The second-order valence-corrected chi connectivity index (χ2v) is 6.73. The Kier molecular flexibility index (Phi) is 6.03. The van der Waals surface area contributed by atoms with Crippen molar-refractivity contribution >= 4 is 41.7 Å². The molecule has 1 atom stereocenters. The number of benzene rings is 1. The Balaban J connectivity index is 0.00000192. The van der Waals surface area contributed by atoms with Gasteiger partial charge in [0.05, 0.1) is 22.7 Å². The van der Waals surface area contributed by atoms with Gasteiger partial charge in [0.15, 0.2) is 0 Å². The molecule has 5 nitrogen and oxygen atoms in total. The van der Waals surface area contributed by atoms with Gasteiger partial charge >= 0.3 is 6.09 Å². The van der Waals surface area contributed by atoms with Crippen molar-refractivity contribution in [2.24, 2.45) is 0 Å². The minimum atomic E-state index is -0.618. The molecular weight excluding hydrogens is 363 g/mol. The molecule has 23 heavy (non-hydrogen) atoms. The van der Waals surface area contributed by atoms with Gasteiger partial charge < -0.3 is 20.1 Å². The lowest BCUT2D eigenvalue weighted by atomic mass is 9.91. The molecule has 128 valence electrons. The largest absolute Gasteiger partial charge is 0.441 e. The number of alkyl carbamates (subject to hydrolysis) is 1. The summed E-state index contributed by atoms with van der Waals surface area (Å²) < 4.78 is 5.39. The maximum absolute atomic E-state index is 11.2. The van der Waals surface area contributed by atoms with Gasteiger partial charge in [-0.05, 0) is 17.7 Å². The fraction of sp³-hybridized carbons (Fsp3) is 0.533. The Bertz CT molecular complexity index is 577. The highest BCUT2D eigenvalue weighted by Crippen LogP contribution is 2.31. The van der Waals surface area contributed by atoms with Crippen LogP contribution in [0.3, 0.4) is 0 Å². The van der Waals surface area contributed by atoms with Crippen LogP contribution in [0.15, 0.2) is 18.2 Å². The average molecular weight is 382 g/mol. The average Bonchev–Trinajstić information content (AvgIpc) is 2.85. The summed E-state index contributed by atoms with van der Waals surface area (Å²) in [6, 6.07) is 5.17. The van der Waals surface area contributed by atoms with Gasteiger partial charge in [-0.1, -0.05) is 29.3 Å². The summed E-state index contributed by atoms with van der Waals surface area (Å²) in [4.78, 5) is 13.4. The van der Waals surface area contributed by atoms with Crippen LogP contribution in [0.5, 0.6) is 0 Å². The second kappa shape index (κ2) is 7.45. The molecule has 0 aliphatic carbocycles. The lowest BCUT2D eigenvalue weighted by Gasteiger charge is -2.37. The van der Waals surface area contributed by atoms with Crippen molar-refractivity contribution in [1.82, 2.24) is 10.2 Å². The predicted molar refractivity (Wildman–Crippen MR) is 91.6 cm³/mol. The van der Waals surface area contributed by atoms with Gasteiger partial charge in [0.2, 0.25) is 0 Å². The number of carbonyl (C=O) groups is 1. The number of hydrogen-bond acceptors (Lipinski definition) is 4. The van der Waals surface area contributed by atoms with E-state index in [0.717, 1.165) is 31.5 Å². The molecule has 2 N–H and O–H groups in total. The van der Waals surface area contributed by atoms with Crippen LogP contribution in [-0.2, 0) is 4.74 Å². The number of carbonyl (C=O) groups excluding carboxylic acids is 1. The molecule has 0 bridgehead atoms. The number of nitrogens with one attached hydrogen (secondary N) is 1. The van der Waals surface area contributed by atoms with Crippen molar-refractivity contribution < 1.29 is 14.6 Å². The van der Waals surface area contributed by atoms with Gasteiger partial charge in [0, 0.05) is 32.5 Å². The first kappa shape index (κ1) is 18.6. The maximum Gasteiger partial charge on any atom is 0.407 e. The van der Waals surface area contributed by atoms with Crippen LogP contribution >= 0.6 is 35.6 Å². The molecule has 0 radical (unpaired) electrons. The van der Waals surface area contributed by atoms with Gasteiger partial charge in [-0.3, -0.25) is 0 Å². The van der Waals surface area contributed by atoms with Crippen molar-refractivity contribution in [3.63, 3.8) is 0 Å². The van der Waals surface area contributed by atoms with E-state index >= 15 is 0 Å². The van der Waals surface area contributed by atoms with Gasteiger partial charge in [0.1, 0.15) is 5.60 Å². The normalized spacial score (nSPS) is 21.4. The van der Waals surface area contributed by atoms with Crippen molar-refractivity contribution in [3.8, 4) is 0 Å². The van der Waals surface area contributed by atoms with E-state index < -0.39 is 6.10 Å². The Hall–Kier alpha value is -0.720. The molecular formula is C15H19Cl3N2O3. The predicted octanol–water partition coefficient (Wildman–Crippen LogP) is 3.02. The van der Waals surface area contributed by atoms with Crippen molar-refractivity contribution in [2.45, 2.75) is 24.5 Å². The summed E-state index contributed by atoms with van der Waals surface area (Å²) in [7, 11) is 0. The monoisotopic (exact) mass is 380 g/mol. The van der Waals surface area contributed by atoms with Crippen LogP contribution in [0.1, 0.15) is 24.5 Å². The highest BCUT2D eigenvalue weighted by molar-refractivity contribution is 6.42. The summed E-state index contributed by atoms with van der Waals surface area (Å²) in [5.74, 6) is 0. The van der Waals surface area contributed by atoms with Crippen molar-refractivity contribution in [3.05, 3.63) is 33.8 Å². The highest BCUT2D eigenvalue weighted by atomic mass is 35.5. The number of piperidine rings is 1. The molecule has 1 aromatic carbocycles. The molecule has 1 aromatic rings. The van der Waals surface area contributed by atoms with E-state index in [1.807, 2.05) is 0 Å². The minimum absolute atomic E-state index is 0. The number of rotatable bonds is 3. The van der Waals surface area contributed by atoms with Crippen LogP contribution in [0.4, 0.5) is 4.79 Å². The Morgan fingerprint density at radius 3 is 2.57 bits per heavy atom. The number of halogens is 3. The Morgan fingerprint density at radius 1 is 1.30 bits per heavy atom. The van der Waals surface area contributed by atoms with E-state index in [1.54, 1.807) is 18.2 Å². The Morgan fingerprint density at radius 2 is 2.00 bits per heavy atom. The second-order valence-electron chi connectivity index (χ2n) is 5.92. The molecule has 2 heterocycles. The topological polar surface area (TPSA) is 61.8 Å². The molecule has 2 saturated heterocycles. The summed E-state index contributed by atoms with van der Waals surface area (Å²) in [5.41, 5.74) is 0.394. The van der Waals surface area contributed by atoms with Gasteiger partial charge in [-0.25, -0.2) is 4.79 Å². The quantitative estimate of drug-likeness (QED) is 0.845. The maximum atomic E-state index is 11.2. The standard InChI is InChI=1S/C15H18Cl2N2O3.ClH/c16-11-2-1-10(7-12(11)17)13(20)8-19-5-3-15(4-6-19)9-18-14(21)22-15;/h1-2,7,13,20H,3-6,8-9H2,(H,18,21);1H. The fourth-order valence-corrected chi connectivity index (χ4v) is 3.30. The van der Waals surface area contributed by atoms with E-state index in [2.05, 4.69) is 10.2 Å². The Labute approximate surface area is 151 Å². The zero-order chi connectivity index (χ0) is 15.7. The number of β-amino-alcohol motifs (C(OH)–C–C–N with tert-alkyl or cyclic N) is 1. The zero-order valence-electron chi connectivity index (χ0n) is 12.4. The number of hydrogen-bond donors (Lipinski definition) is 2. The summed E-state index contributed by atoms with van der Waals surface area (Å²) in [5, 5.41) is 14.0.